The number of carbonyl (C=O) groups excluding carboxylic acids is 4. The highest BCUT2D eigenvalue weighted by Gasteiger charge is 2.37. The fourth-order valence-electron chi connectivity index (χ4n) is 4.12. The molecule has 11 heteroatoms. The molecule has 3 aromatic rings. The number of aryl methyl sites for hydroxylation is 1. The molecule has 0 saturated heterocycles. The van der Waals surface area contributed by atoms with E-state index in [1.807, 2.05) is 6.92 Å². The van der Waals surface area contributed by atoms with Crippen molar-refractivity contribution in [1.82, 2.24) is 0 Å². The summed E-state index contributed by atoms with van der Waals surface area (Å²) in [4.78, 5) is 50.1. The molecule has 0 amide bonds. The molecule has 0 fully saturated rings. The lowest BCUT2D eigenvalue weighted by Crippen LogP contribution is -2.16. The van der Waals surface area contributed by atoms with Gasteiger partial charge in [0.25, 0.3) is 0 Å². The fourth-order valence-corrected chi connectivity index (χ4v) is 4.12. The van der Waals surface area contributed by atoms with Gasteiger partial charge in [-0.15, -0.1) is 0 Å². The van der Waals surface area contributed by atoms with Gasteiger partial charge in [0.05, 0.1) is 0 Å². The first kappa shape index (κ1) is 36.0. The van der Waals surface area contributed by atoms with E-state index >= 15 is 0 Å². The molecule has 0 unspecified atom stereocenters. The van der Waals surface area contributed by atoms with Gasteiger partial charge in [0, 0.05) is 33.2 Å². The van der Waals surface area contributed by atoms with Gasteiger partial charge < -0.3 is 18.9 Å². The second kappa shape index (κ2) is 14.3. The standard InChI is InChI=1S/C36H33F3O8/c1-10-11-22-13-25-23(14-28(22)44-32(40)18(2)3)12-24(15-29(25)45-33(41)19(4)5)26-16-31(47-35(43)21(8)9)27(36(37,38)39)17-30(26)46-34(42)20(6)7/h12-17H,2,4,6,8,10-11H2,1,3,5,7,9H3. The number of fused-ring (bicyclic) bond motifs is 1. The molecule has 0 bridgehead atoms. The molecule has 0 atom stereocenters. The van der Waals surface area contributed by atoms with Gasteiger partial charge in [0.2, 0.25) is 0 Å². The van der Waals surface area contributed by atoms with Crippen LogP contribution in [0.1, 0.15) is 52.2 Å². The summed E-state index contributed by atoms with van der Waals surface area (Å²) >= 11 is 0. The number of benzene rings is 3. The normalized spacial score (nSPS) is 11.0. The van der Waals surface area contributed by atoms with Crippen molar-refractivity contribution in [2.24, 2.45) is 0 Å². The zero-order valence-corrected chi connectivity index (χ0v) is 26.6. The van der Waals surface area contributed by atoms with Crippen LogP contribution in [-0.4, -0.2) is 23.9 Å². The topological polar surface area (TPSA) is 105 Å². The summed E-state index contributed by atoms with van der Waals surface area (Å²) in [6.07, 6.45) is -3.91. The molecule has 0 radical (unpaired) electrons. The summed E-state index contributed by atoms with van der Waals surface area (Å²) in [7, 11) is 0. The van der Waals surface area contributed by atoms with E-state index in [1.54, 1.807) is 6.07 Å². The maximum atomic E-state index is 14.2. The summed E-state index contributed by atoms with van der Waals surface area (Å²) in [5.74, 6) is -4.95. The second-order valence-electron chi connectivity index (χ2n) is 10.9. The van der Waals surface area contributed by atoms with Gasteiger partial charge in [-0.1, -0.05) is 39.7 Å². The SMILES string of the molecule is C=C(C)C(=O)Oc1cc2cc(-c3cc(OC(=O)C(=C)C)c(C(F)(F)F)cc3OC(=O)C(=C)C)cc(OC(=O)C(=C)C)c2cc1CCC. The third-order valence-corrected chi connectivity index (χ3v) is 6.52. The van der Waals surface area contributed by atoms with Gasteiger partial charge in [0.1, 0.15) is 28.6 Å². The zero-order chi connectivity index (χ0) is 35.4. The van der Waals surface area contributed by atoms with Crippen LogP contribution in [0.25, 0.3) is 21.9 Å². The highest BCUT2D eigenvalue weighted by Crippen LogP contribution is 2.46. The molecule has 8 nitrogen and oxygen atoms in total. The number of halogens is 3. The molecule has 0 aliphatic rings. The van der Waals surface area contributed by atoms with Crippen LogP contribution < -0.4 is 18.9 Å². The van der Waals surface area contributed by atoms with Crippen LogP contribution in [0.3, 0.4) is 0 Å². The van der Waals surface area contributed by atoms with Crippen LogP contribution in [0.5, 0.6) is 23.0 Å². The molecule has 0 N–H and O–H groups in total. The number of rotatable bonds is 11. The van der Waals surface area contributed by atoms with Crippen molar-refractivity contribution in [3.63, 3.8) is 0 Å². The summed E-state index contributed by atoms with van der Waals surface area (Å²) in [5.41, 5.74) is -0.950. The smallest absolute Gasteiger partial charge is 0.420 e. The Hall–Kier alpha value is -5.45. The van der Waals surface area contributed by atoms with Crippen LogP contribution >= 0.6 is 0 Å². The summed E-state index contributed by atoms with van der Waals surface area (Å²) in [5, 5.41) is 0.720. The highest BCUT2D eigenvalue weighted by atomic mass is 19.4. The molecule has 246 valence electrons. The van der Waals surface area contributed by atoms with Gasteiger partial charge in [-0.05, 0) is 87.0 Å². The Morgan fingerprint density at radius 3 is 1.55 bits per heavy atom. The predicted octanol–water partition coefficient (Wildman–Crippen LogP) is 8.40. The minimum atomic E-state index is -5.04. The lowest BCUT2D eigenvalue weighted by Gasteiger charge is -2.19. The van der Waals surface area contributed by atoms with Crippen LogP contribution in [0.15, 0.2) is 85.0 Å². The van der Waals surface area contributed by atoms with E-state index in [4.69, 9.17) is 18.9 Å². The third kappa shape index (κ3) is 8.63. The molecular weight excluding hydrogens is 617 g/mol. The van der Waals surface area contributed by atoms with Crippen LogP contribution in [-0.2, 0) is 31.8 Å². The molecule has 3 rings (SSSR count). The zero-order valence-electron chi connectivity index (χ0n) is 26.6. The molecule has 0 heterocycles. The maximum absolute atomic E-state index is 14.2. The minimum absolute atomic E-state index is 0.0295. The first-order valence-electron chi connectivity index (χ1n) is 14.2. The summed E-state index contributed by atoms with van der Waals surface area (Å²) in [6.45, 7) is 21.5. The maximum Gasteiger partial charge on any atom is 0.420 e. The van der Waals surface area contributed by atoms with Crippen LogP contribution in [0, 0.1) is 0 Å². The average Bonchev–Trinajstić information content (AvgIpc) is 2.97. The van der Waals surface area contributed by atoms with Gasteiger partial charge in [0.15, 0.2) is 0 Å². The minimum Gasteiger partial charge on any atom is -0.423 e. The Labute approximate surface area is 269 Å². The van der Waals surface area contributed by atoms with Crippen molar-refractivity contribution < 1.29 is 51.3 Å². The highest BCUT2D eigenvalue weighted by molar-refractivity contribution is 6.00. The van der Waals surface area contributed by atoms with Crippen molar-refractivity contribution >= 4 is 34.6 Å². The number of ether oxygens (including phenoxy) is 4. The Bertz CT molecular complexity index is 1860. The number of hydrogen-bond acceptors (Lipinski definition) is 8. The Balaban J connectivity index is 2.48. The number of hydrogen-bond donors (Lipinski definition) is 0. The number of alkyl halides is 3. The fraction of sp³-hybridized carbons (Fsp3) is 0.222. The van der Waals surface area contributed by atoms with E-state index in [0.29, 0.717) is 35.2 Å². The van der Waals surface area contributed by atoms with E-state index < -0.39 is 47.1 Å². The Morgan fingerprint density at radius 1 is 0.617 bits per heavy atom. The van der Waals surface area contributed by atoms with Gasteiger partial charge in [-0.3, -0.25) is 0 Å². The van der Waals surface area contributed by atoms with E-state index in [9.17, 15) is 32.3 Å². The molecule has 0 saturated carbocycles. The molecule has 0 aromatic heterocycles. The van der Waals surface area contributed by atoms with Crippen molar-refractivity contribution in [1.29, 1.82) is 0 Å². The lowest BCUT2D eigenvalue weighted by molar-refractivity contribution is -0.142. The van der Waals surface area contributed by atoms with Gasteiger partial charge >= 0.3 is 30.1 Å². The van der Waals surface area contributed by atoms with Gasteiger partial charge in [-0.2, -0.15) is 13.2 Å². The summed E-state index contributed by atoms with van der Waals surface area (Å²) in [6, 6.07) is 7.42. The van der Waals surface area contributed by atoms with Crippen molar-refractivity contribution in [3.05, 3.63) is 96.1 Å². The van der Waals surface area contributed by atoms with E-state index in [1.165, 1.54) is 45.9 Å². The van der Waals surface area contributed by atoms with Crippen LogP contribution in [0.2, 0.25) is 0 Å². The van der Waals surface area contributed by atoms with Crippen molar-refractivity contribution in [3.8, 4) is 34.1 Å². The molecular formula is C36H33F3O8. The predicted molar refractivity (Wildman–Crippen MR) is 170 cm³/mol. The van der Waals surface area contributed by atoms with Gasteiger partial charge in [-0.25, -0.2) is 19.2 Å². The largest absolute Gasteiger partial charge is 0.423 e. The van der Waals surface area contributed by atoms with Crippen molar-refractivity contribution in [2.45, 2.75) is 53.6 Å². The number of esters is 4. The van der Waals surface area contributed by atoms with E-state index in [0.717, 1.165) is 6.07 Å². The molecule has 47 heavy (non-hydrogen) atoms. The average molecular weight is 651 g/mol. The Morgan fingerprint density at radius 2 is 1.09 bits per heavy atom. The lowest BCUT2D eigenvalue weighted by atomic mass is 9.95. The van der Waals surface area contributed by atoms with Crippen LogP contribution in [0.4, 0.5) is 13.2 Å². The summed E-state index contributed by atoms with van der Waals surface area (Å²) < 4.78 is 64.3. The first-order chi connectivity index (χ1) is 21.8. The van der Waals surface area contributed by atoms with E-state index in [-0.39, 0.29) is 44.9 Å². The third-order valence-electron chi connectivity index (χ3n) is 6.52. The number of carbonyl (C=O) groups is 4. The molecule has 3 aromatic carbocycles. The second-order valence-corrected chi connectivity index (χ2v) is 10.9. The van der Waals surface area contributed by atoms with E-state index in [2.05, 4.69) is 26.3 Å². The Kier molecular flexibility index (Phi) is 11.0. The molecule has 0 aliphatic heterocycles. The quantitative estimate of drug-likeness (QED) is 0.116. The monoisotopic (exact) mass is 650 g/mol. The first-order valence-corrected chi connectivity index (χ1v) is 14.2. The van der Waals surface area contributed by atoms with Crippen molar-refractivity contribution in [2.75, 3.05) is 0 Å². The molecule has 0 aliphatic carbocycles. The molecule has 0 spiro atoms.